The second-order valence-electron chi connectivity index (χ2n) is 4.98. The summed E-state index contributed by atoms with van der Waals surface area (Å²) in [5.74, 6) is 0. The van der Waals surface area contributed by atoms with Crippen LogP contribution in [0.15, 0.2) is 12.2 Å². The maximum absolute atomic E-state index is 8.90. The third kappa shape index (κ3) is 4.25. The molecule has 0 fully saturated rings. The first-order valence-electron chi connectivity index (χ1n) is 5.65. The van der Waals surface area contributed by atoms with Gasteiger partial charge in [-0.3, -0.25) is 0 Å². The number of rotatable bonds is 5. The first-order chi connectivity index (χ1) is 6.64. The summed E-state index contributed by atoms with van der Waals surface area (Å²) in [6.45, 7) is 5.67. The number of aliphatic hydroxyl groups excluding tert-OH is 1. The number of aliphatic hydroxyl groups is 1. The van der Waals surface area contributed by atoms with Gasteiger partial charge in [-0.2, -0.15) is 0 Å². The second-order valence-corrected chi connectivity index (χ2v) is 4.98. The van der Waals surface area contributed by atoms with Crippen LogP contribution < -0.4 is 5.32 Å². The Morgan fingerprint density at radius 1 is 1.50 bits per heavy atom. The van der Waals surface area contributed by atoms with Gasteiger partial charge in [0.05, 0.1) is 0 Å². The molecule has 0 aromatic carbocycles. The van der Waals surface area contributed by atoms with Crippen LogP contribution in [0.1, 0.15) is 39.5 Å². The molecule has 0 heterocycles. The highest BCUT2D eigenvalue weighted by molar-refractivity contribution is 4.97. The lowest BCUT2D eigenvalue weighted by Crippen LogP contribution is -2.37. The molecule has 0 aromatic heterocycles. The number of hydrogen-bond donors (Lipinski definition) is 2. The van der Waals surface area contributed by atoms with Gasteiger partial charge in [-0.05, 0) is 31.1 Å². The summed E-state index contributed by atoms with van der Waals surface area (Å²) < 4.78 is 0. The standard InChI is InChI=1S/C12H23NO/c1-12(2,8-9-14)10-13-11-6-4-3-5-7-11/h4,6,11,13-14H,3,5,7-10H2,1-2H3. The fourth-order valence-corrected chi connectivity index (χ4v) is 1.78. The van der Waals surface area contributed by atoms with E-state index >= 15 is 0 Å². The van der Waals surface area contributed by atoms with E-state index in [0.29, 0.717) is 6.04 Å². The summed E-state index contributed by atoms with van der Waals surface area (Å²) in [5, 5.41) is 12.4. The van der Waals surface area contributed by atoms with Crippen molar-refractivity contribution in [3.8, 4) is 0 Å². The maximum Gasteiger partial charge on any atom is 0.0436 e. The second kappa shape index (κ2) is 5.52. The van der Waals surface area contributed by atoms with E-state index < -0.39 is 0 Å². The first kappa shape index (κ1) is 11.7. The Kier molecular flexibility index (Phi) is 4.63. The average Bonchev–Trinajstić information content (AvgIpc) is 2.17. The van der Waals surface area contributed by atoms with Crippen LogP contribution >= 0.6 is 0 Å². The van der Waals surface area contributed by atoms with Gasteiger partial charge in [-0.15, -0.1) is 0 Å². The lowest BCUT2D eigenvalue weighted by molar-refractivity contribution is 0.204. The Morgan fingerprint density at radius 3 is 2.86 bits per heavy atom. The summed E-state index contributed by atoms with van der Waals surface area (Å²) >= 11 is 0. The molecule has 0 amide bonds. The number of allylic oxidation sites excluding steroid dienone is 1. The van der Waals surface area contributed by atoms with Gasteiger partial charge < -0.3 is 10.4 Å². The zero-order chi connectivity index (χ0) is 10.4. The van der Waals surface area contributed by atoms with Gasteiger partial charge in [0.2, 0.25) is 0 Å². The van der Waals surface area contributed by atoms with E-state index in [9.17, 15) is 0 Å². The molecule has 0 aliphatic heterocycles. The first-order valence-corrected chi connectivity index (χ1v) is 5.65. The molecule has 1 unspecified atom stereocenters. The smallest absolute Gasteiger partial charge is 0.0436 e. The Balaban J connectivity index is 2.24. The molecule has 0 radical (unpaired) electrons. The highest BCUT2D eigenvalue weighted by Gasteiger charge is 2.18. The monoisotopic (exact) mass is 197 g/mol. The SMILES string of the molecule is CC(C)(CCO)CNC1C=CCCC1. The van der Waals surface area contributed by atoms with Crippen molar-refractivity contribution < 1.29 is 5.11 Å². The summed E-state index contributed by atoms with van der Waals surface area (Å²) in [6.07, 6.45) is 9.20. The molecule has 0 saturated carbocycles. The van der Waals surface area contributed by atoms with Crippen LogP contribution in [0, 0.1) is 5.41 Å². The topological polar surface area (TPSA) is 32.3 Å². The summed E-state index contributed by atoms with van der Waals surface area (Å²) in [5.41, 5.74) is 0.208. The van der Waals surface area contributed by atoms with Crippen molar-refractivity contribution in [3.05, 3.63) is 12.2 Å². The lowest BCUT2D eigenvalue weighted by Gasteiger charge is -2.27. The molecule has 1 aliphatic carbocycles. The van der Waals surface area contributed by atoms with Crippen molar-refractivity contribution in [3.63, 3.8) is 0 Å². The quantitative estimate of drug-likeness (QED) is 0.661. The van der Waals surface area contributed by atoms with Crippen molar-refractivity contribution in [2.24, 2.45) is 5.41 Å². The van der Waals surface area contributed by atoms with E-state index in [4.69, 9.17) is 5.11 Å². The molecule has 1 atom stereocenters. The minimum atomic E-state index is 0.208. The Morgan fingerprint density at radius 2 is 2.29 bits per heavy atom. The fourth-order valence-electron chi connectivity index (χ4n) is 1.78. The Hall–Kier alpha value is -0.340. The molecule has 0 saturated heterocycles. The molecule has 82 valence electrons. The van der Waals surface area contributed by atoms with E-state index in [1.807, 2.05) is 0 Å². The summed E-state index contributed by atoms with van der Waals surface area (Å²) in [4.78, 5) is 0. The van der Waals surface area contributed by atoms with Crippen LogP contribution in [-0.2, 0) is 0 Å². The van der Waals surface area contributed by atoms with Gasteiger partial charge in [0.1, 0.15) is 0 Å². The Labute approximate surface area is 87.4 Å². The van der Waals surface area contributed by atoms with Crippen LogP contribution in [0.4, 0.5) is 0 Å². The van der Waals surface area contributed by atoms with Crippen LogP contribution in [-0.4, -0.2) is 24.3 Å². The largest absolute Gasteiger partial charge is 0.396 e. The lowest BCUT2D eigenvalue weighted by atomic mass is 9.89. The highest BCUT2D eigenvalue weighted by atomic mass is 16.3. The molecule has 0 bridgehead atoms. The fraction of sp³-hybridized carbons (Fsp3) is 0.833. The molecule has 1 rings (SSSR count). The predicted molar refractivity (Wildman–Crippen MR) is 60.3 cm³/mol. The summed E-state index contributed by atoms with van der Waals surface area (Å²) in [6, 6.07) is 0.557. The van der Waals surface area contributed by atoms with Gasteiger partial charge in [-0.25, -0.2) is 0 Å². The third-order valence-corrected chi connectivity index (χ3v) is 2.89. The molecule has 2 heteroatoms. The van der Waals surface area contributed by atoms with Gasteiger partial charge in [-0.1, -0.05) is 26.0 Å². The van der Waals surface area contributed by atoms with Crippen molar-refractivity contribution in [2.45, 2.75) is 45.6 Å². The normalized spacial score (nSPS) is 22.6. The van der Waals surface area contributed by atoms with E-state index in [-0.39, 0.29) is 12.0 Å². The predicted octanol–water partition coefficient (Wildman–Crippen LogP) is 2.09. The number of hydrogen-bond acceptors (Lipinski definition) is 2. The molecule has 2 nitrogen and oxygen atoms in total. The average molecular weight is 197 g/mol. The molecule has 14 heavy (non-hydrogen) atoms. The zero-order valence-electron chi connectivity index (χ0n) is 9.42. The van der Waals surface area contributed by atoms with Gasteiger partial charge in [0.25, 0.3) is 0 Å². The van der Waals surface area contributed by atoms with Crippen LogP contribution in [0.5, 0.6) is 0 Å². The molecule has 2 N–H and O–H groups in total. The van der Waals surface area contributed by atoms with E-state index in [0.717, 1.165) is 13.0 Å². The molecule has 0 aromatic rings. The van der Waals surface area contributed by atoms with E-state index in [1.54, 1.807) is 0 Å². The van der Waals surface area contributed by atoms with Gasteiger partial charge in [0, 0.05) is 19.2 Å². The molecule has 1 aliphatic rings. The zero-order valence-corrected chi connectivity index (χ0v) is 9.42. The molecule has 0 spiro atoms. The van der Waals surface area contributed by atoms with E-state index in [2.05, 4.69) is 31.3 Å². The van der Waals surface area contributed by atoms with Crippen molar-refractivity contribution in [2.75, 3.05) is 13.2 Å². The molecular formula is C12H23NO. The van der Waals surface area contributed by atoms with Crippen LogP contribution in [0.3, 0.4) is 0 Å². The van der Waals surface area contributed by atoms with Crippen molar-refractivity contribution >= 4 is 0 Å². The van der Waals surface area contributed by atoms with Crippen molar-refractivity contribution in [1.82, 2.24) is 5.32 Å². The van der Waals surface area contributed by atoms with Gasteiger partial charge >= 0.3 is 0 Å². The van der Waals surface area contributed by atoms with Crippen LogP contribution in [0.25, 0.3) is 0 Å². The minimum absolute atomic E-state index is 0.208. The van der Waals surface area contributed by atoms with Gasteiger partial charge in [0.15, 0.2) is 0 Å². The Bertz CT molecular complexity index is 187. The minimum Gasteiger partial charge on any atom is -0.396 e. The number of nitrogens with one attached hydrogen (secondary N) is 1. The maximum atomic E-state index is 8.90. The molecular weight excluding hydrogens is 174 g/mol. The van der Waals surface area contributed by atoms with Crippen molar-refractivity contribution in [1.29, 1.82) is 0 Å². The third-order valence-electron chi connectivity index (χ3n) is 2.89. The summed E-state index contributed by atoms with van der Waals surface area (Å²) in [7, 11) is 0. The highest BCUT2D eigenvalue weighted by Crippen LogP contribution is 2.19. The van der Waals surface area contributed by atoms with Crippen LogP contribution in [0.2, 0.25) is 0 Å². The van der Waals surface area contributed by atoms with E-state index in [1.165, 1.54) is 19.3 Å².